The zero-order chi connectivity index (χ0) is 15.5. The molecule has 1 atom stereocenters. The Morgan fingerprint density at radius 3 is 2.76 bits per heavy atom. The van der Waals surface area contributed by atoms with Crippen LogP contribution in [-0.4, -0.2) is 33.6 Å². The average Bonchev–Trinajstić information content (AvgIpc) is 2.44. The number of hydrogen-bond acceptors (Lipinski definition) is 4. The molecule has 116 valence electrons. The second-order valence-corrected chi connectivity index (χ2v) is 6.84. The van der Waals surface area contributed by atoms with Crippen LogP contribution in [0.5, 0.6) is 0 Å². The summed E-state index contributed by atoms with van der Waals surface area (Å²) in [5.74, 6) is -0.322. The number of nitrogens with two attached hydrogens (primary N) is 1. The van der Waals surface area contributed by atoms with Crippen LogP contribution in [0.15, 0.2) is 23.1 Å². The second-order valence-electron chi connectivity index (χ2n) is 5.28. The van der Waals surface area contributed by atoms with Crippen LogP contribution in [-0.2, 0) is 14.8 Å². The van der Waals surface area contributed by atoms with E-state index in [1.54, 1.807) is 13.0 Å². The maximum absolute atomic E-state index is 12.1. The topological polar surface area (TPSA) is 98.5 Å². The van der Waals surface area contributed by atoms with E-state index >= 15 is 0 Å². The van der Waals surface area contributed by atoms with Gasteiger partial charge in [0, 0.05) is 18.7 Å². The van der Waals surface area contributed by atoms with Crippen molar-refractivity contribution in [2.75, 3.05) is 13.2 Å². The summed E-state index contributed by atoms with van der Waals surface area (Å²) in [5.41, 5.74) is 0.954. The molecule has 3 N–H and O–H groups in total. The normalized spacial score (nSPS) is 19.2. The van der Waals surface area contributed by atoms with E-state index in [-0.39, 0.29) is 22.5 Å². The van der Waals surface area contributed by atoms with Gasteiger partial charge in [0.15, 0.2) is 0 Å². The fraction of sp³-hybridized carbons (Fsp3) is 0.500. The lowest BCUT2D eigenvalue weighted by atomic mass is 10.1. The lowest BCUT2D eigenvalue weighted by Gasteiger charge is -2.22. The summed E-state index contributed by atoms with van der Waals surface area (Å²) in [4.78, 5) is 12.1. The van der Waals surface area contributed by atoms with Crippen molar-refractivity contribution in [2.24, 2.45) is 5.14 Å². The number of hydrogen-bond donors (Lipinski definition) is 2. The molecule has 1 fully saturated rings. The Hall–Kier alpha value is -1.44. The molecule has 7 heteroatoms. The molecule has 0 aliphatic carbocycles. The number of carbonyl (C=O) groups excluding carboxylic acids is 1. The lowest BCUT2D eigenvalue weighted by molar-refractivity contribution is 0.0169. The minimum absolute atomic E-state index is 0.0326. The third kappa shape index (κ3) is 4.52. The van der Waals surface area contributed by atoms with Gasteiger partial charge in [-0.05, 0) is 49.9 Å². The number of sulfonamides is 1. The highest BCUT2D eigenvalue weighted by atomic mass is 32.2. The van der Waals surface area contributed by atoms with Gasteiger partial charge in [0.25, 0.3) is 5.91 Å². The number of benzene rings is 1. The van der Waals surface area contributed by atoms with E-state index in [2.05, 4.69) is 5.32 Å². The van der Waals surface area contributed by atoms with Gasteiger partial charge in [-0.2, -0.15) is 0 Å². The first kappa shape index (κ1) is 15.9. The van der Waals surface area contributed by atoms with E-state index < -0.39 is 10.0 Å². The van der Waals surface area contributed by atoms with Crippen LogP contribution in [0.2, 0.25) is 0 Å². The van der Waals surface area contributed by atoms with Crippen molar-refractivity contribution in [3.8, 4) is 0 Å². The molecule has 1 saturated heterocycles. The zero-order valence-corrected chi connectivity index (χ0v) is 12.8. The minimum Gasteiger partial charge on any atom is -0.376 e. The Morgan fingerprint density at radius 1 is 1.38 bits per heavy atom. The molecule has 1 aromatic carbocycles. The molecular weight excluding hydrogens is 292 g/mol. The summed E-state index contributed by atoms with van der Waals surface area (Å²) in [6, 6.07) is 4.36. The van der Waals surface area contributed by atoms with Crippen molar-refractivity contribution < 1.29 is 17.9 Å². The number of primary sulfonamides is 1. The van der Waals surface area contributed by atoms with Crippen molar-refractivity contribution in [3.05, 3.63) is 29.3 Å². The SMILES string of the molecule is Cc1cc(C(=O)NCC2CCCCO2)cc(S(N)(=O)=O)c1. The molecule has 1 amide bonds. The molecule has 0 radical (unpaired) electrons. The molecule has 0 bridgehead atoms. The lowest BCUT2D eigenvalue weighted by Crippen LogP contribution is -2.35. The zero-order valence-electron chi connectivity index (χ0n) is 12.0. The van der Waals surface area contributed by atoms with E-state index in [1.807, 2.05) is 0 Å². The van der Waals surface area contributed by atoms with E-state index in [9.17, 15) is 13.2 Å². The first-order valence-corrected chi connectivity index (χ1v) is 8.45. The molecule has 6 nitrogen and oxygen atoms in total. The third-order valence-corrected chi connectivity index (χ3v) is 4.30. The van der Waals surface area contributed by atoms with Gasteiger partial charge < -0.3 is 10.1 Å². The van der Waals surface area contributed by atoms with Crippen LogP contribution in [0, 0.1) is 6.92 Å². The fourth-order valence-electron chi connectivity index (χ4n) is 2.32. The predicted octanol–water partition coefficient (Wildman–Crippen LogP) is 0.941. The summed E-state index contributed by atoms with van der Waals surface area (Å²) in [6.45, 7) is 2.87. The van der Waals surface area contributed by atoms with Crippen LogP contribution >= 0.6 is 0 Å². The smallest absolute Gasteiger partial charge is 0.251 e. The quantitative estimate of drug-likeness (QED) is 0.864. The molecule has 0 aromatic heterocycles. The molecule has 0 saturated carbocycles. The predicted molar refractivity (Wildman–Crippen MR) is 78.5 cm³/mol. The molecule has 1 aliphatic heterocycles. The number of nitrogens with one attached hydrogen (secondary N) is 1. The fourth-order valence-corrected chi connectivity index (χ4v) is 2.96. The van der Waals surface area contributed by atoms with Crippen LogP contribution in [0.1, 0.15) is 35.2 Å². The van der Waals surface area contributed by atoms with Crippen molar-refractivity contribution in [1.29, 1.82) is 0 Å². The molecule has 1 unspecified atom stereocenters. The highest BCUT2D eigenvalue weighted by molar-refractivity contribution is 7.89. The van der Waals surface area contributed by atoms with E-state index in [0.29, 0.717) is 12.1 Å². The largest absolute Gasteiger partial charge is 0.376 e. The first-order chi connectivity index (χ1) is 9.86. The van der Waals surface area contributed by atoms with Gasteiger partial charge in [0.1, 0.15) is 0 Å². The van der Waals surface area contributed by atoms with E-state index in [0.717, 1.165) is 25.9 Å². The van der Waals surface area contributed by atoms with Crippen LogP contribution in [0.25, 0.3) is 0 Å². The van der Waals surface area contributed by atoms with Gasteiger partial charge in [-0.1, -0.05) is 0 Å². The number of amides is 1. The van der Waals surface area contributed by atoms with Crippen molar-refractivity contribution in [1.82, 2.24) is 5.32 Å². The summed E-state index contributed by atoms with van der Waals surface area (Å²) in [6.07, 6.45) is 3.11. The molecule has 2 rings (SSSR count). The number of aryl methyl sites for hydroxylation is 1. The Morgan fingerprint density at radius 2 is 2.14 bits per heavy atom. The monoisotopic (exact) mass is 312 g/mol. The van der Waals surface area contributed by atoms with Gasteiger partial charge in [0.05, 0.1) is 11.0 Å². The number of carbonyl (C=O) groups is 1. The first-order valence-electron chi connectivity index (χ1n) is 6.90. The van der Waals surface area contributed by atoms with Crippen molar-refractivity contribution >= 4 is 15.9 Å². The van der Waals surface area contributed by atoms with Crippen molar-refractivity contribution in [3.63, 3.8) is 0 Å². The van der Waals surface area contributed by atoms with E-state index in [1.165, 1.54) is 12.1 Å². The standard InChI is InChI=1S/C14H20N2O4S/c1-10-6-11(8-13(7-10)21(15,18)19)14(17)16-9-12-4-2-3-5-20-12/h6-8,12H,2-5,9H2,1H3,(H,16,17)(H2,15,18,19). The summed E-state index contributed by atoms with van der Waals surface area (Å²) in [7, 11) is -3.82. The molecule has 1 aliphatic rings. The average molecular weight is 312 g/mol. The van der Waals surface area contributed by atoms with Crippen LogP contribution < -0.4 is 10.5 Å². The van der Waals surface area contributed by atoms with Crippen molar-refractivity contribution in [2.45, 2.75) is 37.2 Å². The summed E-state index contributed by atoms with van der Waals surface area (Å²) < 4.78 is 28.3. The van der Waals surface area contributed by atoms with Crippen LogP contribution in [0.4, 0.5) is 0 Å². The van der Waals surface area contributed by atoms with Gasteiger partial charge in [-0.25, -0.2) is 13.6 Å². The highest BCUT2D eigenvalue weighted by Crippen LogP contribution is 2.15. The highest BCUT2D eigenvalue weighted by Gasteiger charge is 2.17. The third-order valence-electron chi connectivity index (χ3n) is 3.41. The van der Waals surface area contributed by atoms with Gasteiger partial charge in [-0.15, -0.1) is 0 Å². The molecule has 1 heterocycles. The maximum atomic E-state index is 12.1. The summed E-state index contributed by atoms with van der Waals surface area (Å²) >= 11 is 0. The Labute approximate surface area is 124 Å². The number of ether oxygens (including phenoxy) is 1. The Balaban J connectivity index is 2.06. The second kappa shape index (κ2) is 6.55. The van der Waals surface area contributed by atoms with E-state index in [4.69, 9.17) is 9.88 Å². The Kier molecular flexibility index (Phi) is 4.97. The molecule has 0 spiro atoms. The van der Waals surface area contributed by atoms with Gasteiger partial charge in [-0.3, -0.25) is 4.79 Å². The number of rotatable bonds is 4. The molecule has 1 aromatic rings. The molecule has 21 heavy (non-hydrogen) atoms. The van der Waals surface area contributed by atoms with Gasteiger partial charge in [0.2, 0.25) is 10.0 Å². The molecular formula is C14H20N2O4S. The summed E-state index contributed by atoms with van der Waals surface area (Å²) in [5, 5.41) is 7.88. The maximum Gasteiger partial charge on any atom is 0.251 e. The minimum atomic E-state index is -3.82. The Bertz CT molecular complexity index is 622. The van der Waals surface area contributed by atoms with Crippen LogP contribution in [0.3, 0.4) is 0 Å². The van der Waals surface area contributed by atoms with Gasteiger partial charge >= 0.3 is 0 Å².